The summed E-state index contributed by atoms with van der Waals surface area (Å²) in [6, 6.07) is 14.2. The molecule has 2 aromatic carbocycles. The van der Waals surface area contributed by atoms with E-state index in [-0.39, 0.29) is 5.91 Å². The topological polar surface area (TPSA) is 78.9 Å². The van der Waals surface area contributed by atoms with Gasteiger partial charge < -0.3 is 20.1 Å². The van der Waals surface area contributed by atoms with E-state index in [9.17, 15) is 9.59 Å². The highest BCUT2D eigenvalue weighted by atomic mass is 16.5. The van der Waals surface area contributed by atoms with Crippen LogP contribution in [-0.2, 0) is 4.79 Å². The number of amides is 1. The number of carboxylic acids is 1. The summed E-state index contributed by atoms with van der Waals surface area (Å²) in [4.78, 5) is 25.1. The zero-order chi connectivity index (χ0) is 17.6. The third-order valence-corrected chi connectivity index (χ3v) is 4.08. The highest BCUT2D eigenvalue weighted by Gasteiger charge is 2.13. The van der Waals surface area contributed by atoms with E-state index >= 15 is 0 Å². The second kappa shape index (κ2) is 7.70. The van der Waals surface area contributed by atoms with Crippen molar-refractivity contribution in [1.82, 2.24) is 0 Å². The lowest BCUT2D eigenvalue weighted by Crippen LogP contribution is -2.18. The van der Waals surface area contributed by atoms with Crippen molar-refractivity contribution in [1.29, 1.82) is 0 Å². The van der Waals surface area contributed by atoms with Crippen LogP contribution in [0.15, 0.2) is 48.5 Å². The summed E-state index contributed by atoms with van der Waals surface area (Å²) < 4.78 is 5.06. The molecule has 6 nitrogen and oxygen atoms in total. The second-order valence-electron chi connectivity index (χ2n) is 5.90. The number of rotatable bonds is 6. The van der Waals surface area contributed by atoms with Crippen molar-refractivity contribution < 1.29 is 19.4 Å². The Balaban J connectivity index is 1.58. The molecule has 0 aliphatic carbocycles. The Hall–Kier alpha value is -3.02. The van der Waals surface area contributed by atoms with E-state index in [4.69, 9.17) is 9.84 Å². The molecule has 2 aromatic rings. The van der Waals surface area contributed by atoms with Gasteiger partial charge in [0.1, 0.15) is 5.75 Å². The van der Waals surface area contributed by atoms with Gasteiger partial charge in [0.2, 0.25) is 0 Å². The van der Waals surface area contributed by atoms with E-state index < -0.39 is 12.6 Å². The summed E-state index contributed by atoms with van der Waals surface area (Å²) >= 11 is 0. The van der Waals surface area contributed by atoms with Crippen molar-refractivity contribution >= 4 is 23.3 Å². The molecule has 1 amide bonds. The van der Waals surface area contributed by atoms with Crippen molar-refractivity contribution in [3.63, 3.8) is 0 Å². The average molecular weight is 340 g/mol. The van der Waals surface area contributed by atoms with Gasteiger partial charge in [-0.3, -0.25) is 4.79 Å². The number of benzene rings is 2. The lowest BCUT2D eigenvalue weighted by atomic mass is 10.1. The summed E-state index contributed by atoms with van der Waals surface area (Å²) in [6.45, 7) is 1.75. The SMILES string of the molecule is O=C(O)COc1ccc(NC(=O)c2ccc(N3CCCC3)cc2)cc1. The minimum absolute atomic E-state index is 0.188. The Morgan fingerprint density at radius 3 is 2.24 bits per heavy atom. The molecule has 0 radical (unpaired) electrons. The monoisotopic (exact) mass is 340 g/mol. The predicted octanol–water partition coefficient (Wildman–Crippen LogP) is 3.00. The van der Waals surface area contributed by atoms with Gasteiger partial charge in [-0.2, -0.15) is 0 Å². The van der Waals surface area contributed by atoms with E-state index in [2.05, 4.69) is 10.2 Å². The Labute approximate surface area is 146 Å². The van der Waals surface area contributed by atoms with Crippen molar-refractivity contribution in [2.24, 2.45) is 0 Å². The fourth-order valence-corrected chi connectivity index (χ4v) is 2.78. The van der Waals surface area contributed by atoms with Crippen LogP contribution in [0.25, 0.3) is 0 Å². The Morgan fingerprint density at radius 2 is 1.64 bits per heavy atom. The smallest absolute Gasteiger partial charge is 0.341 e. The number of aliphatic carboxylic acids is 1. The van der Waals surface area contributed by atoms with Gasteiger partial charge in [-0.25, -0.2) is 4.79 Å². The molecule has 25 heavy (non-hydrogen) atoms. The van der Waals surface area contributed by atoms with Crippen LogP contribution in [0, 0.1) is 0 Å². The number of hydrogen-bond acceptors (Lipinski definition) is 4. The highest BCUT2D eigenvalue weighted by molar-refractivity contribution is 6.04. The number of carbonyl (C=O) groups is 2. The van der Waals surface area contributed by atoms with Crippen LogP contribution < -0.4 is 15.0 Å². The third kappa shape index (κ3) is 4.50. The number of ether oxygens (including phenoxy) is 1. The molecule has 0 bridgehead atoms. The fourth-order valence-electron chi connectivity index (χ4n) is 2.78. The standard InChI is InChI=1S/C19H20N2O4/c22-18(23)13-25-17-9-5-15(6-10-17)20-19(24)14-3-7-16(8-4-14)21-11-1-2-12-21/h3-10H,1-2,11-13H2,(H,20,24)(H,22,23). The summed E-state index contributed by atoms with van der Waals surface area (Å²) in [5.74, 6) is -0.780. The van der Waals surface area contributed by atoms with Crippen molar-refractivity contribution in [3.8, 4) is 5.75 Å². The minimum Gasteiger partial charge on any atom is -0.482 e. The molecule has 0 spiro atoms. The van der Waals surface area contributed by atoms with E-state index in [1.165, 1.54) is 12.8 Å². The maximum absolute atomic E-state index is 12.3. The fraction of sp³-hybridized carbons (Fsp3) is 0.263. The highest BCUT2D eigenvalue weighted by Crippen LogP contribution is 2.21. The molecule has 0 aromatic heterocycles. The van der Waals surface area contributed by atoms with Crippen LogP contribution >= 0.6 is 0 Å². The molecule has 1 aliphatic rings. The maximum atomic E-state index is 12.3. The maximum Gasteiger partial charge on any atom is 0.341 e. The van der Waals surface area contributed by atoms with Gasteiger partial charge in [0.05, 0.1) is 0 Å². The quantitative estimate of drug-likeness (QED) is 0.845. The number of hydrogen-bond donors (Lipinski definition) is 2. The molecule has 6 heteroatoms. The zero-order valence-corrected chi connectivity index (χ0v) is 13.8. The van der Waals surface area contributed by atoms with Crippen LogP contribution in [-0.4, -0.2) is 36.7 Å². The van der Waals surface area contributed by atoms with E-state index in [1.54, 1.807) is 24.3 Å². The van der Waals surface area contributed by atoms with Crippen LogP contribution in [0.4, 0.5) is 11.4 Å². The molecule has 1 heterocycles. The molecule has 2 N–H and O–H groups in total. The first-order valence-electron chi connectivity index (χ1n) is 8.23. The third-order valence-electron chi connectivity index (χ3n) is 4.08. The minimum atomic E-state index is -1.03. The van der Waals surface area contributed by atoms with Gasteiger partial charge in [0.15, 0.2) is 6.61 Å². The molecular weight excluding hydrogens is 320 g/mol. The predicted molar refractivity (Wildman–Crippen MR) is 95.4 cm³/mol. The van der Waals surface area contributed by atoms with E-state index in [0.29, 0.717) is 17.0 Å². The number of anilines is 2. The van der Waals surface area contributed by atoms with Gasteiger partial charge >= 0.3 is 5.97 Å². The first-order valence-corrected chi connectivity index (χ1v) is 8.23. The summed E-state index contributed by atoms with van der Waals surface area (Å²) in [5.41, 5.74) is 2.36. The summed E-state index contributed by atoms with van der Waals surface area (Å²) in [7, 11) is 0. The lowest BCUT2D eigenvalue weighted by Gasteiger charge is -2.17. The van der Waals surface area contributed by atoms with Crippen LogP contribution in [0.2, 0.25) is 0 Å². The van der Waals surface area contributed by atoms with E-state index in [1.807, 2.05) is 24.3 Å². The first kappa shape index (κ1) is 16.8. The Kier molecular flexibility index (Phi) is 5.18. The molecule has 0 atom stereocenters. The second-order valence-corrected chi connectivity index (χ2v) is 5.90. The number of carbonyl (C=O) groups excluding carboxylic acids is 1. The molecule has 3 rings (SSSR count). The molecule has 1 saturated heterocycles. The van der Waals surface area contributed by atoms with Gasteiger partial charge in [-0.1, -0.05) is 0 Å². The van der Waals surface area contributed by atoms with Crippen LogP contribution in [0.3, 0.4) is 0 Å². The Bertz CT molecular complexity index is 735. The number of carboxylic acid groups (broad SMARTS) is 1. The van der Waals surface area contributed by atoms with Gasteiger partial charge in [-0.05, 0) is 61.4 Å². The van der Waals surface area contributed by atoms with Crippen molar-refractivity contribution in [2.45, 2.75) is 12.8 Å². The summed E-state index contributed by atoms with van der Waals surface area (Å²) in [6.07, 6.45) is 2.43. The van der Waals surface area contributed by atoms with Gasteiger partial charge in [0.25, 0.3) is 5.91 Å². The molecule has 1 aliphatic heterocycles. The first-order chi connectivity index (χ1) is 12.1. The largest absolute Gasteiger partial charge is 0.482 e. The number of nitrogens with one attached hydrogen (secondary N) is 1. The number of nitrogens with zero attached hydrogens (tertiary/aromatic N) is 1. The van der Waals surface area contributed by atoms with Crippen LogP contribution in [0.1, 0.15) is 23.2 Å². The molecule has 0 saturated carbocycles. The Morgan fingerprint density at radius 1 is 1.00 bits per heavy atom. The summed E-state index contributed by atoms with van der Waals surface area (Å²) in [5, 5.41) is 11.4. The van der Waals surface area contributed by atoms with Crippen molar-refractivity contribution in [3.05, 3.63) is 54.1 Å². The zero-order valence-electron chi connectivity index (χ0n) is 13.8. The van der Waals surface area contributed by atoms with Crippen LogP contribution in [0.5, 0.6) is 5.75 Å². The normalized spacial score (nSPS) is 13.5. The molecule has 0 unspecified atom stereocenters. The van der Waals surface area contributed by atoms with Crippen molar-refractivity contribution in [2.75, 3.05) is 29.9 Å². The molecular formula is C19H20N2O4. The molecule has 130 valence electrons. The lowest BCUT2D eigenvalue weighted by molar-refractivity contribution is -0.139. The molecule has 1 fully saturated rings. The van der Waals surface area contributed by atoms with Gasteiger partial charge in [0, 0.05) is 30.0 Å². The van der Waals surface area contributed by atoms with E-state index in [0.717, 1.165) is 18.8 Å². The van der Waals surface area contributed by atoms with Gasteiger partial charge in [-0.15, -0.1) is 0 Å². The average Bonchev–Trinajstić information content (AvgIpc) is 3.16.